The minimum Gasteiger partial charge on any atom is -0.355 e. The van der Waals surface area contributed by atoms with Crippen molar-refractivity contribution in [3.8, 4) is 0 Å². The molecule has 0 spiro atoms. The Labute approximate surface area is 167 Å². The minimum absolute atomic E-state index is 0.0646. The van der Waals surface area contributed by atoms with Crippen LogP contribution in [0.4, 0.5) is 10.1 Å². The maximum absolute atomic E-state index is 13.3. The number of fused-ring (bicyclic) bond motifs is 1. The predicted molar refractivity (Wildman–Crippen MR) is 105 cm³/mol. The number of piperidine rings is 1. The summed E-state index contributed by atoms with van der Waals surface area (Å²) in [6.45, 7) is 0.971. The molecule has 2 aliphatic rings. The third-order valence-electron chi connectivity index (χ3n) is 4.89. The molecule has 146 valence electrons. The first-order chi connectivity index (χ1) is 13.3. The van der Waals surface area contributed by atoms with Crippen molar-refractivity contribution in [2.75, 3.05) is 18.4 Å². The summed E-state index contributed by atoms with van der Waals surface area (Å²) in [5.41, 5.74) is 0.980. The van der Waals surface area contributed by atoms with Crippen molar-refractivity contribution in [3.63, 3.8) is 0 Å². The van der Waals surface area contributed by atoms with Gasteiger partial charge in [0.1, 0.15) is 10.7 Å². The Kier molecular flexibility index (Phi) is 4.84. The van der Waals surface area contributed by atoms with E-state index < -0.39 is 15.8 Å². The first-order valence-electron chi connectivity index (χ1n) is 8.80. The number of anilines is 1. The van der Waals surface area contributed by atoms with Gasteiger partial charge in [0.15, 0.2) is 5.84 Å². The van der Waals surface area contributed by atoms with Crippen molar-refractivity contribution in [1.82, 2.24) is 4.90 Å². The fourth-order valence-corrected chi connectivity index (χ4v) is 4.93. The van der Waals surface area contributed by atoms with E-state index in [4.69, 9.17) is 11.6 Å². The molecule has 0 bridgehead atoms. The number of carbonyl (C=O) groups is 1. The summed E-state index contributed by atoms with van der Waals surface area (Å²) < 4.78 is 41.8. The Morgan fingerprint density at radius 3 is 2.82 bits per heavy atom. The number of benzene rings is 2. The lowest BCUT2D eigenvalue weighted by Gasteiger charge is -2.33. The second-order valence-electron chi connectivity index (χ2n) is 6.79. The van der Waals surface area contributed by atoms with Gasteiger partial charge >= 0.3 is 0 Å². The van der Waals surface area contributed by atoms with Crippen molar-refractivity contribution in [1.29, 1.82) is 0 Å². The Morgan fingerprint density at radius 2 is 2.04 bits per heavy atom. The van der Waals surface area contributed by atoms with Crippen LogP contribution in [0.1, 0.15) is 18.4 Å². The van der Waals surface area contributed by atoms with Gasteiger partial charge in [0.25, 0.3) is 10.0 Å². The van der Waals surface area contributed by atoms with Crippen LogP contribution in [-0.4, -0.2) is 38.2 Å². The lowest BCUT2D eigenvalue weighted by molar-refractivity contribution is -0.121. The molecule has 0 unspecified atom stereocenters. The maximum Gasteiger partial charge on any atom is 0.285 e. The standard InChI is InChI=1S/C19H17ClFN3O3S/c20-15-10-13(7-8-16(15)21)22-19(25)12-4-3-9-24(11-12)18-14-5-1-2-6-17(14)28(26,27)23-18/h1-2,5-8,10,12H,3-4,9,11H2,(H,22,25)/t12-/m0/s1. The molecule has 1 fully saturated rings. The molecule has 1 saturated heterocycles. The van der Waals surface area contributed by atoms with E-state index in [9.17, 15) is 17.6 Å². The van der Waals surface area contributed by atoms with Crippen LogP contribution in [-0.2, 0) is 14.8 Å². The number of rotatable bonds is 2. The smallest absolute Gasteiger partial charge is 0.285 e. The second kappa shape index (κ2) is 7.18. The molecular weight excluding hydrogens is 405 g/mol. The van der Waals surface area contributed by atoms with Crippen LogP contribution in [0, 0.1) is 11.7 Å². The highest BCUT2D eigenvalue weighted by Crippen LogP contribution is 2.30. The number of sulfonamides is 1. The molecule has 0 aromatic heterocycles. The number of nitrogens with zero attached hydrogens (tertiary/aromatic N) is 2. The lowest BCUT2D eigenvalue weighted by atomic mass is 9.96. The summed E-state index contributed by atoms with van der Waals surface area (Å²) >= 11 is 5.76. The normalized spacial score (nSPS) is 20.4. The van der Waals surface area contributed by atoms with Gasteiger partial charge in [0, 0.05) is 24.3 Å². The van der Waals surface area contributed by atoms with E-state index in [1.807, 2.05) is 4.90 Å². The number of likely N-dealkylation sites (tertiary alicyclic amines) is 1. The van der Waals surface area contributed by atoms with Crippen molar-refractivity contribution in [3.05, 3.63) is 58.9 Å². The quantitative estimate of drug-likeness (QED) is 0.807. The van der Waals surface area contributed by atoms with E-state index in [2.05, 4.69) is 9.71 Å². The highest BCUT2D eigenvalue weighted by atomic mass is 35.5. The molecule has 0 aliphatic carbocycles. The van der Waals surface area contributed by atoms with Gasteiger partial charge in [0.05, 0.1) is 10.9 Å². The second-order valence-corrected chi connectivity index (χ2v) is 8.77. The topological polar surface area (TPSA) is 78.8 Å². The molecule has 1 atom stereocenters. The number of amidine groups is 1. The minimum atomic E-state index is -3.70. The maximum atomic E-state index is 13.3. The highest BCUT2D eigenvalue weighted by molar-refractivity contribution is 7.90. The Morgan fingerprint density at radius 1 is 1.25 bits per heavy atom. The molecule has 0 saturated carbocycles. The fourth-order valence-electron chi connectivity index (χ4n) is 3.52. The van der Waals surface area contributed by atoms with Gasteiger partial charge in [-0.3, -0.25) is 4.79 Å². The molecule has 0 radical (unpaired) electrons. The molecule has 6 nitrogen and oxygen atoms in total. The Balaban J connectivity index is 1.52. The molecule has 28 heavy (non-hydrogen) atoms. The molecular formula is C19H17ClFN3O3S. The van der Waals surface area contributed by atoms with Crippen molar-refractivity contribution in [2.45, 2.75) is 17.7 Å². The number of halogens is 2. The van der Waals surface area contributed by atoms with Crippen LogP contribution >= 0.6 is 11.6 Å². The number of carbonyl (C=O) groups excluding carboxylic acids is 1. The van der Waals surface area contributed by atoms with Crippen LogP contribution < -0.4 is 5.32 Å². The predicted octanol–water partition coefficient (Wildman–Crippen LogP) is 3.28. The largest absolute Gasteiger partial charge is 0.355 e. The lowest BCUT2D eigenvalue weighted by Crippen LogP contribution is -2.43. The number of hydrogen-bond donors (Lipinski definition) is 1. The highest BCUT2D eigenvalue weighted by Gasteiger charge is 2.35. The molecule has 2 aromatic rings. The van der Waals surface area contributed by atoms with Crippen molar-refractivity contribution < 1.29 is 17.6 Å². The van der Waals surface area contributed by atoms with Gasteiger partial charge in [0.2, 0.25) is 5.91 Å². The Bertz CT molecular complexity index is 1090. The van der Waals surface area contributed by atoms with E-state index >= 15 is 0 Å². The van der Waals surface area contributed by atoms with Gasteiger partial charge in [-0.1, -0.05) is 23.7 Å². The van der Waals surface area contributed by atoms with E-state index in [0.717, 1.165) is 6.42 Å². The summed E-state index contributed by atoms with van der Waals surface area (Å²) in [6, 6.07) is 10.7. The molecule has 2 aliphatic heterocycles. The molecule has 2 heterocycles. The molecule has 4 rings (SSSR count). The van der Waals surface area contributed by atoms with Gasteiger partial charge in [-0.15, -0.1) is 4.40 Å². The van der Waals surface area contributed by atoms with Gasteiger partial charge in [-0.2, -0.15) is 8.42 Å². The average Bonchev–Trinajstić information content (AvgIpc) is 2.96. The van der Waals surface area contributed by atoms with Crippen LogP contribution in [0.25, 0.3) is 0 Å². The monoisotopic (exact) mass is 421 g/mol. The van der Waals surface area contributed by atoms with Crippen LogP contribution in [0.2, 0.25) is 5.02 Å². The third kappa shape index (κ3) is 3.49. The molecule has 1 amide bonds. The summed E-state index contributed by atoms with van der Waals surface area (Å²) in [6.07, 6.45) is 1.39. The van der Waals surface area contributed by atoms with Crippen molar-refractivity contribution in [2.24, 2.45) is 10.3 Å². The molecule has 1 N–H and O–H groups in total. The van der Waals surface area contributed by atoms with Crippen molar-refractivity contribution >= 4 is 39.1 Å². The molecule has 2 aromatic carbocycles. The van der Waals surface area contributed by atoms with E-state index in [-0.39, 0.29) is 21.7 Å². The zero-order valence-corrected chi connectivity index (χ0v) is 16.3. The van der Waals surface area contributed by atoms with Gasteiger partial charge < -0.3 is 10.2 Å². The SMILES string of the molecule is O=C(Nc1ccc(F)c(Cl)c1)[C@H]1CCCN(C2=NS(=O)(=O)c3ccccc32)C1. The zero-order valence-electron chi connectivity index (χ0n) is 14.7. The third-order valence-corrected chi connectivity index (χ3v) is 6.51. The van der Waals surface area contributed by atoms with Crippen LogP contribution in [0.5, 0.6) is 0 Å². The summed E-state index contributed by atoms with van der Waals surface area (Å²) in [5, 5.41) is 2.69. The first-order valence-corrected chi connectivity index (χ1v) is 10.6. The summed E-state index contributed by atoms with van der Waals surface area (Å²) in [4.78, 5) is 14.7. The van der Waals surface area contributed by atoms with Crippen LogP contribution in [0.3, 0.4) is 0 Å². The van der Waals surface area contributed by atoms with Gasteiger partial charge in [-0.05, 0) is 43.2 Å². The van der Waals surface area contributed by atoms with Crippen LogP contribution in [0.15, 0.2) is 51.8 Å². The first kappa shape index (κ1) is 18.9. The number of amides is 1. The zero-order chi connectivity index (χ0) is 19.9. The average molecular weight is 422 g/mol. The van der Waals surface area contributed by atoms with E-state index in [0.29, 0.717) is 36.6 Å². The number of hydrogen-bond acceptors (Lipinski definition) is 4. The Hall–Kier alpha value is -2.45. The molecule has 9 heteroatoms. The van der Waals surface area contributed by atoms with Gasteiger partial charge in [-0.25, -0.2) is 4.39 Å². The van der Waals surface area contributed by atoms with E-state index in [1.54, 1.807) is 18.2 Å². The fraction of sp³-hybridized carbons (Fsp3) is 0.263. The summed E-state index contributed by atoms with van der Waals surface area (Å²) in [5.74, 6) is -0.738. The number of nitrogens with one attached hydrogen (secondary N) is 1. The summed E-state index contributed by atoms with van der Waals surface area (Å²) in [7, 11) is -3.70. The van der Waals surface area contributed by atoms with E-state index in [1.165, 1.54) is 24.3 Å².